The van der Waals surface area contributed by atoms with Gasteiger partial charge in [0.05, 0.1) is 0 Å². The van der Waals surface area contributed by atoms with Crippen LogP contribution in [0.5, 0.6) is 0 Å². The zero-order chi connectivity index (χ0) is 3.58. The van der Waals surface area contributed by atoms with Gasteiger partial charge in [-0.15, -0.1) is 37.2 Å². The normalized spacial score (nSPS) is 3.12. The van der Waals surface area contributed by atoms with Gasteiger partial charge in [-0.1, -0.05) is 0 Å². The third-order valence-corrected chi connectivity index (χ3v) is 0. The standard InChI is InChI=1S/C2H4O2.3ClH.Ti/c1-2(3)4;;;;/h1H3,(H,3,4);3*1H;. The van der Waals surface area contributed by atoms with Crippen molar-refractivity contribution in [1.29, 1.82) is 0 Å². The van der Waals surface area contributed by atoms with E-state index in [1.165, 1.54) is 0 Å². The Balaban J connectivity index is -0.00000000750. The Bertz CT molecular complexity index is 38.3. The van der Waals surface area contributed by atoms with Crippen molar-refractivity contribution in [2.45, 2.75) is 6.92 Å². The largest absolute Gasteiger partial charge is 0.481 e. The average molecular weight is 217 g/mol. The van der Waals surface area contributed by atoms with E-state index >= 15 is 0 Å². The van der Waals surface area contributed by atoms with Gasteiger partial charge in [-0.25, -0.2) is 0 Å². The molecule has 0 rings (SSSR count). The Hall–Kier alpha value is 1.05. The second-order valence-corrected chi connectivity index (χ2v) is 0.519. The first-order chi connectivity index (χ1) is 1.73. The summed E-state index contributed by atoms with van der Waals surface area (Å²) in [5, 5.41) is 7.42. The van der Waals surface area contributed by atoms with Crippen LogP contribution in [0.15, 0.2) is 0 Å². The number of halogens is 3. The average Bonchev–Trinajstić information content (AvgIpc) is 0.811. The molecule has 0 aromatic rings. The molecule has 0 saturated carbocycles. The minimum Gasteiger partial charge on any atom is -0.481 e. The van der Waals surface area contributed by atoms with Crippen molar-refractivity contribution < 1.29 is 31.6 Å². The van der Waals surface area contributed by atoms with Gasteiger partial charge < -0.3 is 5.11 Å². The molecule has 6 heteroatoms. The summed E-state index contributed by atoms with van der Waals surface area (Å²) >= 11 is 0. The van der Waals surface area contributed by atoms with Crippen LogP contribution < -0.4 is 0 Å². The van der Waals surface area contributed by atoms with Crippen LogP contribution in [0.3, 0.4) is 0 Å². The topological polar surface area (TPSA) is 37.3 Å². The Morgan fingerprint density at radius 1 is 1.25 bits per heavy atom. The number of rotatable bonds is 0. The molecule has 0 radical (unpaired) electrons. The van der Waals surface area contributed by atoms with E-state index in [9.17, 15) is 0 Å². The van der Waals surface area contributed by atoms with Crippen molar-refractivity contribution in [3.8, 4) is 0 Å². The molecule has 0 heterocycles. The molecule has 0 aromatic carbocycles. The smallest absolute Gasteiger partial charge is 0.300 e. The van der Waals surface area contributed by atoms with Gasteiger partial charge in [-0.05, 0) is 0 Å². The third kappa shape index (κ3) is 233. The molecule has 0 fully saturated rings. The fraction of sp³-hybridized carbons (Fsp3) is 0.500. The molecular weight excluding hydrogens is 210 g/mol. The monoisotopic (exact) mass is 216 g/mol. The molecule has 8 heavy (non-hydrogen) atoms. The second kappa shape index (κ2) is 24.4. The maximum atomic E-state index is 9.00. The van der Waals surface area contributed by atoms with Gasteiger partial charge in [-0.2, -0.15) is 0 Å². The predicted octanol–water partition coefficient (Wildman–Crippen LogP) is 1.35. The van der Waals surface area contributed by atoms with Crippen LogP contribution in [0.4, 0.5) is 0 Å². The molecule has 0 aromatic heterocycles. The van der Waals surface area contributed by atoms with Gasteiger partial charge in [0.15, 0.2) is 0 Å². The minimum atomic E-state index is -0.833. The van der Waals surface area contributed by atoms with E-state index in [0.29, 0.717) is 0 Å². The van der Waals surface area contributed by atoms with Gasteiger partial charge in [0.1, 0.15) is 0 Å². The summed E-state index contributed by atoms with van der Waals surface area (Å²) in [4.78, 5) is 9.00. The summed E-state index contributed by atoms with van der Waals surface area (Å²) in [6.07, 6.45) is 0. The van der Waals surface area contributed by atoms with E-state index < -0.39 is 5.97 Å². The van der Waals surface area contributed by atoms with Crippen molar-refractivity contribution >= 4 is 43.2 Å². The SMILES string of the molecule is CC(=O)O.Cl.Cl.Cl.[Ti]. The number of hydrogen-bond acceptors (Lipinski definition) is 1. The quantitative estimate of drug-likeness (QED) is 0.622. The molecule has 0 amide bonds. The van der Waals surface area contributed by atoms with E-state index in [4.69, 9.17) is 9.90 Å². The first-order valence-electron chi connectivity index (χ1n) is 0.928. The van der Waals surface area contributed by atoms with Crippen molar-refractivity contribution in [1.82, 2.24) is 0 Å². The van der Waals surface area contributed by atoms with E-state index in [2.05, 4.69) is 0 Å². The Labute approximate surface area is 81.5 Å². The first kappa shape index (κ1) is 35.7. The number of hydrogen-bond donors (Lipinski definition) is 1. The zero-order valence-electron chi connectivity index (χ0n) is 4.08. The molecule has 52 valence electrons. The van der Waals surface area contributed by atoms with Gasteiger partial charge in [0.25, 0.3) is 5.97 Å². The van der Waals surface area contributed by atoms with Crippen LogP contribution in [-0.2, 0) is 26.5 Å². The third-order valence-electron chi connectivity index (χ3n) is 0. The van der Waals surface area contributed by atoms with E-state index in [1.54, 1.807) is 0 Å². The molecule has 0 spiro atoms. The zero-order valence-corrected chi connectivity index (χ0v) is 8.09. The van der Waals surface area contributed by atoms with Crippen LogP contribution in [0.2, 0.25) is 0 Å². The number of carbonyl (C=O) groups is 1. The summed E-state index contributed by atoms with van der Waals surface area (Å²) in [7, 11) is 0. The van der Waals surface area contributed by atoms with Gasteiger partial charge in [0, 0.05) is 28.6 Å². The summed E-state index contributed by atoms with van der Waals surface area (Å²) in [6.45, 7) is 1.08. The molecular formula is C2H7Cl3O2Ti. The molecule has 0 aliphatic heterocycles. The van der Waals surface area contributed by atoms with Crippen LogP contribution in [0.1, 0.15) is 6.92 Å². The van der Waals surface area contributed by atoms with E-state index in [-0.39, 0.29) is 58.9 Å². The van der Waals surface area contributed by atoms with Crippen molar-refractivity contribution in [3.63, 3.8) is 0 Å². The Morgan fingerprint density at radius 3 is 1.25 bits per heavy atom. The van der Waals surface area contributed by atoms with Gasteiger partial charge in [-0.3, -0.25) is 4.79 Å². The summed E-state index contributed by atoms with van der Waals surface area (Å²) in [6, 6.07) is 0. The molecule has 0 unspecified atom stereocenters. The fourth-order valence-electron chi connectivity index (χ4n) is 0. The molecule has 0 aliphatic carbocycles. The Morgan fingerprint density at radius 2 is 1.25 bits per heavy atom. The Kier molecular flexibility index (Phi) is 109. The van der Waals surface area contributed by atoms with Crippen LogP contribution in [-0.4, -0.2) is 11.1 Å². The first-order valence-corrected chi connectivity index (χ1v) is 0.928. The molecule has 0 atom stereocenters. The van der Waals surface area contributed by atoms with Crippen molar-refractivity contribution in [2.75, 3.05) is 0 Å². The maximum Gasteiger partial charge on any atom is 0.300 e. The molecule has 0 saturated heterocycles. The predicted molar refractivity (Wildman–Crippen MR) is 35.1 cm³/mol. The minimum absolute atomic E-state index is 0. The van der Waals surface area contributed by atoms with Crippen molar-refractivity contribution in [3.05, 3.63) is 0 Å². The maximum absolute atomic E-state index is 9.00. The summed E-state index contributed by atoms with van der Waals surface area (Å²) in [5.74, 6) is -0.833. The molecule has 0 aliphatic rings. The molecule has 2 nitrogen and oxygen atoms in total. The molecule has 0 bridgehead atoms. The number of carboxylic acids is 1. The van der Waals surface area contributed by atoms with Crippen LogP contribution in [0, 0.1) is 0 Å². The van der Waals surface area contributed by atoms with Crippen LogP contribution >= 0.6 is 37.2 Å². The summed E-state index contributed by atoms with van der Waals surface area (Å²) in [5.41, 5.74) is 0. The second-order valence-electron chi connectivity index (χ2n) is 0.519. The number of carboxylic acid groups (broad SMARTS) is 1. The van der Waals surface area contributed by atoms with E-state index in [1.807, 2.05) is 0 Å². The molecule has 1 N–H and O–H groups in total. The fourth-order valence-corrected chi connectivity index (χ4v) is 0. The van der Waals surface area contributed by atoms with Gasteiger partial charge >= 0.3 is 0 Å². The summed E-state index contributed by atoms with van der Waals surface area (Å²) < 4.78 is 0. The van der Waals surface area contributed by atoms with Crippen molar-refractivity contribution in [2.24, 2.45) is 0 Å². The number of aliphatic carboxylic acids is 1. The van der Waals surface area contributed by atoms with E-state index in [0.717, 1.165) is 6.92 Å². The van der Waals surface area contributed by atoms with Crippen LogP contribution in [0.25, 0.3) is 0 Å². The van der Waals surface area contributed by atoms with Gasteiger partial charge in [0.2, 0.25) is 0 Å².